The van der Waals surface area contributed by atoms with E-state index in [4.69, 9.17) is 28.9 Å². The molecule has 0 radical (unpaired) electrons. The van der Waals surface area contributed by atoms with E-state index in [9.17, 15) is 15.0 Å². The van der Waals surface area contributed by atoms with Crippen LogP contribution in [0.1, 0.15) is 97.5 Å². The van der Waals surface area contributed by atoms with Gasteiger partial charge >= 0.3 is 6.09 Å². The lowest BCUT2D eigenvalue weighted by Gasteiger charge is -2.60. The summed E-state index contributed by atoms with van der Waals surface area (Å²) in [6.45, 7) is 15.6. The highest BCUT2D eigenvalue weighted by atomic mass is 16.7. The van der Waals surface area contributed by atoms with Gasteiger partial charge in [-0.3, -0.25) is 4.90 Å². The van der Waals surface area contributed by atoms with Gasteiger partial charge in [-0.15, -0.1) is 6.58 Å². The molecule has 1 saturated carbocycles. The second-order valence-electron chi connectivity index (χ2n) is 17.1. The summed E-state index contributed by atoms with van der Waals surface area (Å²) in [5.41, 5.74) is 2.53. The molecule has 314 valence electrons. The van der Waals surface area contributed by atoms with Crippen LogP contribution in [0.15, 0.2) is 90.1 Å². The minimum atomic E-state index is -1.34. The maximum atomic E-state index is 14.3. The summed E-state index contributed by atoms with van der Waals surface area (Å²) < 4.78 is 27.1. The fourth-order valence-electron chi connectivity index (χ4n) is 9.20. The number of aliphatic hydroxyl groups is 2. The van der Waals surface area contributed by atoms with Crippen LogP contribution < -0.4 is 9.47 Å². The van der Waals surface area contributed by atoms with E-state index in [0.29, 0.717) is 50.3 Å². The van der Waals surface area contributed by atoms with Gasteiger partial charge in [-0.2, -0.15) is 0 Å². The number of amides is 1. The quantitative estimate of drug-likeness (QED) is 0.0699. The molecule has 2 aliphatic carbocycles. The number of oxime groups is 1. The number of carbonyl (C=O) groups is 1. The second-order valence-corrected chi connectivity index (χ2v) is 17.1. The van der Waals surface area contributed by atoms with Crippen LogP contribution in [0.3, 0.4) is 0 Å². The smallest absolute Gasteiger partial charge is 0.410 e. The Bertz CT molecular complexity index is 1920. The van der Waals surface area contributed by atoms with Crippen LogP contribution in [0.2, 0.25) is 0 Å². The summed E-state index contributed by atoms with van der Waals surface area (Å²) in [7, 11) is 0. The van der Waals surface area contributed by atoms with E-state index in [-0.39, 0.29) is 49.6 Å². The van der Waals surface area contributed by atoms with Gasteiger partial charge in [0, 0.05) is 37.7 Å². The number of fused-ring (bicyclic) bond motifs is 3. The summed E-state index contributed by atoms with van der Waals surface area (Å²) >= 11 is 0. The van der Waals surface area contributed by atoms with Gasteiger partial charge < -0.3 is 34.0 Å². The van der Waals surface area contributed by atoms with Crippen molar-refractivity contribution in [1.82, 2.24) is 4.90 Å². The first kappa shape index (κ1) is 43.2. The van der Waals surface area contributed by atoms with E-state index in [1.807, 2.05) is 58.0 Å². The standard InChI is InChI=1S/C48H64N2O8/c1-7-24-50(46(53)54-32-47(4,5)6)43-31-41(49-56-9-3)39-29-35(18-12-14-25-51)38(19-13-15-26-52)44-40-30-37(57-36-21-20-33-16-10-11-17-34(33)28-36)22-23-42(40)58-48(43,45(39)44)55-27-8-2/h8,10-11,16-17,20-23,28-30,35,38,43-45,51-52H,2,7,9,12-15,18-19,24-27,31-32H2,1,3-6H3. The molecule has 0 saturated heterocycles. The highest BCUT2D eigenvalue weighted by Gasteiger charge is 2.65. The van der Waals surface area contributed by atoms with Gasteiger partial charge in [0.2, 0.25) is 5.79 Å². The summed E-state index contributed by atoms with van der Waals surface area (Å²) in [5.74, 6) is 0.418. The number of unbranched alkanes of at least 4 members (excludes halogenated alkanes) is 2. The first-order chi connectivity index (χ1) is 28.1. The molecule has 0 bridgehead atoms. The first-order valence-corrected chi connectivity index (χ1v) is 21.4. The third-order valence-electron chi connectivity index (χ3n) is 11.6. The molecule has 3 aromatic carbocycles. The molecule has 6 unspecified atom stereocenters. The molecular weight excluding hydrogens is 733 g/mol. The van der Waals surface area contributed by atoms with E-state index >= 15 is 0 Å². The van der Waals surface area contributed by atoms with E-state index < -0.39 is 23.8 Å². The zero-order valence-electron chi connectivity index (χ0n) is 35.2. The predicted octanol–water partition coefficient (Wildman–Crippen LogP) is 10.2. The van der Waals surface area contributed by atoms with Crippen LogP contribution in [0.5, 0.6) is 17.2 Å². The molecular formula is C48H64N2O8. The monoisotopic (exact) mass is 796 g/mol. The summed E-state index contributed by atoms with van der Waals surface area (Å²) in [6, 6.07) is 19.7. The van der Waals surface area contributed by atoms with E-state index in [1.165, 1.54) is 0 Å². The summed E-state index contributed by atoms with van der Waals surface area (Å²) in [4.78, 5) is 22.0. The number of ether oxygens (including phenoxy) is 4. The normalized spacial score (nSPS) is 24.3. The Hall–Kier alpha value is -4.38. The van der Waals surface area contributed by atoms with Crippen molar-refractivity contribution in [3.63, 3.8) is 0 Å². The summed E-state index contributed by atoms with van der Waals surface area (Å²) in [6.07, 6.45) is 9.47. The van der Waals surface area contributed by atoms with Crippen molar-refractivity contribution < 1.29 is 38.8 Å². The molecule has 6 rings (SSSR count). The largest absolute Gasteiger partial charge is 0.459 e. The number of nitrogens with zero attached hydrogens (tertiary/aromatic N) is 2. The lowest BCUT2D eigenvalue weighted by atomic mass is 9.55. The Morgan fingerprint density at radius 3 is 2.41 bits per heavy atom. The van der Waals surface area contributed by atoms with Crippen LogP contribution in [-0.2, 0) is 14.3 Å². The number of carbonyl (C=O) groups excluding carboxylic acids is 1. The molecule has 1 aliphatic heterocycles. The third-order valence-corrected chi connectivity index (χ3v) is 11.6. The van der Waals surface area contributed by atoms with E-state index in [1.54, 1.807) is 11.0 Å². The molecule has 6 atom stereocenters. The number of hydrogen-bond acceptors (Lipinski definition) is 9. The maximum absolute atomic E-state index is 14.3. The van der Waals surface area contributed by atoms with Gasteiger partial charge in [0.25, 0.3) is 0 Å². The minimum absolute atomic E-state index is 0.101. The predicted molar refractivity (Wildman–Crippen MR) is 228 cm³/mol. The van der Waals surface area contributed by atoms with Crippen LogP contribution in [0.4, 0.5) is 4.79 Å². The molecule has 1 amide bonds. The van der Waals surface area contributed by atoms with Crippen molar-refractivity contribution in [2.45, 2.75) is 104 Å². The molecule has 1 heterocycles. The van der Waals surface area contributed by atoms with Gasteiger partial charge in [0.05, 0.1) is 24.8 Å². The third kappa shape index (κ3) is 9.56. The molecule has 10 heteroatoms. The van der Waals surface area contributed by atoms with Crippen LogP contribution in [0, 0.1) is 23.2 Å². The van der Waals surface area contributed by atoms with Crippen LogP contribution in [-0.4, -0.2) is 78.3 Å². The molecule has 0 spiro atoms. The number of hydrogen-bond donors (Lipinski definition) is 2. The zero-order valence-corrected chi connectivity index (χ0v) is 35.2. The van der Waals surface area contributed by atoms with E-state index in [2.05, 4.69) is 49.9 Å². The Balaban J connectivity index is 1.56. The molecule has 1 fully saturated rings. The molecule has 3 aromatic rings. The number of benzene rings is 3. The average Bonchev–Trinajstić information content (AvgIpc) is 3.21. The van der Waals surface area contributed by atoms with Gasteiger partial charge in [0.15, 0.2) is 0 Å². The fourth-order valence-corrected chi connectivity index (χ4v) is 9.20. The lowest BCUT2D eigenvalue weighted by molar-refractivity contribution is -0.255. The van der Waals surface area contributed by atoms with Crippen LogP contribution in [0.25, 0.3) is 10.8 Å². The van der Waals surface area contributed by atoms with Gasteiger partial charge in [-0.1, -0.05) is 88.2 Å². The molecule has 58 heavy (non-hydrogen) atoms. The zero-order chi connectivity index (χ0) is 41.3. The SMILES string of the molecule is C=CCOC12Oc3ccc(Oc4ccc5ccccc5c4)cc3C3C(CCCCO)C(CCCCO)C=C(C(=NOCC)CC1N(CCC)C(=O)OCC(C)(C)C)C32. The highest BCUT2D eigenvalue weighted by molar-refractivity contribution is 6.03. The average molecular weight is 797 g/mol. The Morgan fingerprint density at radius 1 is 0.983 bits per heavy atom. The van der Waals surface area contributed by atoms with Crippen LogP contribution >= 0.6 is 0 Å². The molecule has 0 aromatic heterocycles. The summed E-state index contributed by atoms with van der Waals surface area (Å²) in [5, 5.41) is 26.8. The topological polar surface area (TPSA) is 119 Å². The second kappa shape index (κ2) is 19.6. The van der Waals surface area contributed by atoms with Crippen molar-refractivity contribution in [2.75, 3.05) is 39.6 Å². The fraction of sp³-hybridized carbons (Fsp3) is 0.542. The van der Waals surface area contributed by atoms with Gasteiger partial charge in [-0.25, -0.2) is 4.79 Å². The Kier molecular flexibility index (Phi) is 14.6. The number of allylic oxidation sites excluding steroid dienone is 1. The van der Waals surface area contributed by atoms with Crippen molar-refractivity contribution in [3.8, 4) is 17.2 Å². The van der Waals surface area contributed by atoms with Gasteiger partial charge in [0.1, 0.15) is 29.9 Å². The Labute approximate surface area is 344 Å². The number of aliphatic hydroxyl groups excluding tert-OH is 2. The lowest BCUT2D eigenvalue weighted by Crippen LogP contribution is -2.70. The first-order valence-electron chi connectivity index (χ1n) is 21.4. The van der Waals surface area contributed by atoms with Crippen molar-refractivity contribution in [3.05, 3.63) is 90.5 Å². The van der Waals surface area contributed by atoms with Crippen molar-refractivity contribution in [1.29, 1.82) is 0 Å². The molecule has 3 aliphatic rings. The Morgan fingerprint density at radius 2 is 1.71 bits per heavy atom. The van der Waals surface area contributed by atoms with Crippen molar-refractivity contribution in [2.24, 2.45) is 28.3 Å². The number of rotatable bonds is 19. The van der Waals surface area contributed by atoms with Gasteiger partial charge in [-0.05, 0) is 103 Å². The molecule has 2 N–H and O–H groups in total. The highest BCUT2D eigenvalue weighted by Crippen LogP contribution is 2.62. The molecule has 10 nitrogen and oxygen atoms in total. The van der Waals surface area contributed by atoms with Crippen molar-refractivity contribution >= 4 is 22.6 Å². The van der Waals surface area contributed by atoms with E-state index in [0.717, 1.165) is 59.1 Å². The minimum Gasteiger partial charge on any atom is -0.459 e. The maximum Gasteiger partial charge on any atom is 0.410 e.